The normalized spacial score (nSPS) is 24.8. The monoisotopic (exact) mass is 265 g/mol. The molecule has 0 heterocycles. The van der Waals surface area contributed by atoms with Crippen LogP contribution in [0.4, 0.5) is 0 Å². The molecule has 1 aliphatic carbocycles. The van der Waals surface area contributed by atoms with E-state index in [4.69, 9.17) is 11.6 Å². The number of hydrogen-bond acceptors (Lipinski definition) is 1. The Hall–Kier alpha value is -0.530. The van der Waals surface area contributed by atoms with Gasteiger partial charge in [0.15, 0.2) is 0 Å². The molecule has 1 N–H and O–H groups in total. The number of halogens is 1. The van der Waals surface area contributed by atoms with Crippen LogP contribution < -0.4 is 5.32 Å². The van der Waals surface area contributed by atoms with E-state index < -0.39 is 0 Å². The van der Waals surface area contributed by atoms with Crippen molar-refractivity contribution in [1.82, 2.24) is 5.32 Å². The van der Waals surface area contributed by atoms with E-state index in [9.17, 15) is 0 Å². The molecule has 2 rings (SSSR count). The summed E-state index contributed by atoms with van der Waals surface area (Å²) in [6, 6.07) is 9.10. The zero-order valence-electron chi connectivity index (χ0n) is 11.7. The molecule has 0 amide bonds. The zero-order valence-corrected chi connectivity index (χ0v) is 12.4. The van der Waals surface area contributed by atoms with E-state index in [2.05, 4.69) is 38.2 Å². The molecule has 0 bridgehead atoms. The molecule has 1 aromatic carbocycles. The molecule has 2 heteroatoms. The standard InChI is InChI=1S/C16H24ClN/c1-12(14-8-4-5-9-15(14)17)18-13-7-6-10-16(2,3)11-13/h4-5,8-9,12-13,18H,6-7,10-11H2,1-3H3. The van der Waals surface area contributed by atoms with Gasteiger partial charge in [0.2, 0.25) is 0 Å². The summed E-state index contributed by atoms with van der Waals surface area (Å²) in [5.74, 6) is 0. The fraction of sp³-hybridized carbons (Fsp3) is 0.625. The van der Waals surface area contributed by atoms with Crippen LogP contribution >= 0.6 is 11.6 Å². The molecule has 1 nitrogen and oxygen atoms in total. The summed E-state index contributed by atoms with van der Waals surface area (Å²) in [4.78, 5) is 0. The van der Waals surface area contributed by atoms with Gasteiger partial charge in [-0.15, -0.1) is 0 Å². The largest absolute Gasteiger partial charge is 0.307 e. The van der Waals surface area contributed by atoms with Crippen LogP contribution in [0.1, 0.15) is 58.1 Å². The van der Waals surface area contributed by atoms with Crippen LogP contribution in [0, 0.1) is 5.41 Å². The minimum Gasteiger partial charge on any atom is -0.307 e. The Kier molecular flexibility index (Phi) is 4.34. The quantitative estimate of drug-likeness (QED) is 0.815. The van der Waals surface area contributed by atoms with Gasteiger partial charge < -0.3 is 5.32 Å². The molecule has 2 unspecified atom stereocenters. The van der Waals surface area contributed by atoms with Crippen molar-refractivity contribution in [2.24, 2.45) is 5.41 Å². The first-order valence-corrected chi connectivity index (χ1v) is 7.36. The van der Waals surface area contributed by atoms with Crippen LogP contribution in [0.25, 0.3) is 0 Å². The van der Waals surface area contributed by atoms with Crippen LogP contribution in [0.2, 0.25) is 5.02 Å². The first-order chi connectivity index (χ1) is 8.48. The fourth-order valence-corrected chi connectivity index (χ4v) is 3.41. The average molecular weight is 266 g/mol. The van der Waals surface area contributed by atoms with Crippen molar-refractivity contribution in [3.05, 3.63) is 34.9 Å². The van der Waals surface area contributed by atoms with Crippen molar-refractivity contribution >= 4 is 11.6 Å². The van der Waals surface area contributed by atoms with Crippen molar-refractivity contribution in [2.75, 3.05) is 0 Å². The van der Waals surface area contributed by atoms with E-state index >= 15 is 0 Å². The molecule has 100 valence electrons. The summed E-state index contributed by atoms with van der Waals surface area (Å²) in [5.41, 5.74) is 1.69. The van der Waals surface area contributed by atoms with E-state index in [0.717, 1.165) is 5.02 Å². The van der Waals surface area contributed by atoms with Gasteiger partial charge in [-0.3, -0.25) is 0 Å². The summed E-state index contributed by atoms with van der Waals surface area (Å²) in [6.45, 7) is 6.96. The fourth-order valence-electron chi connectivity index (χ4n) is 3.11. The van der Waals surface area contributed by atoms with Crippen molar-refractivity contribution in [3.8, 4) is 0 Å². The van der Waals surface area contributed by atoms with Gasteiger partial charge in [-0.1, -0.05) is 50.1 Å². The summed E-state index contributed by atoms with van der Waals surface area (Å²) in [6.07, 6.45) is 5.24. The Morgan fingerprint density at radius 2 is 2.06 bits per heavy atom. The lowest BCUT2D eigenvalue weighted by Crippen LogP contribution is -2.38. The smallest absolute Gasteiger partial charge is 0.0453 e. The second kappa shape index (κ2) is 5.63. The maximum atomic E-state index is 6.25. The van der Waals surface area contributed by atoms with Gasteiger partial charge >= 0.3 is 0 Å². The minimum absolute atomic E-state index is 0.331. The van der Waals surface area contributed by atoms with Gasteiger partial charge in [-0.2, -0.15) is 0 Å². The zero-order chi connectivity index (χ0) is 13.2. The molecule has 1 fully saturated rings. The topological polar surface area (TPSA) is 12.0 Å². The van der Waals surface area contributed by atoms with Gasteiger partial charge in [0.25, 0.3) is 0 Å². The Morgan fingerprint density at radius 3 is 2.72 bits per heavy atom. The highest BCUT2D eigenvalue weighted by molar-refractivity contribution is 6.31. The molecule has 0 saturated heterocycles. The number of rotatable bonds is 3. The van der Waals surface area contributed by atoms with Crippen LogP contribution in [0.15, 0.2) is 24.3 Å². The number of benzene rings is 1. The maximum Gasteiger partial charge on any atom is 0.0453 e. The van der Waals surface area contributed by atoms with Gasteiger partial charge in [0.1, 0.15) is 0 Å². The predicted octanol–water partition coefficient (Wildman–Crippen LogP) is 4.96. The van der Waals surface area contributed by atoms with Crippen molar-refractivity contribution < 1.29 is 0 Å². The Bertz CT molecular complexity index is 400. The second-order valence-electron chi connectivity index (χ2n) is 6.37. The highest BCUT2D eigenvalue weighted by atomic mass is 35.5. The first-order valence-electron chi connectivity index (χ1n) is 6.98. The van der Waals surface area contributed by atoms with E-state index in [0.29, 0.717) is 17.5 Å². The number of nitrogens with one attached hydrogen (secondary N) is 1. The third kappa shape index (κ3) is 3.49. The molecule has 1 saturated carbocycles. The molecule has 0 aromatic heterocycles. The van der Waals surface area contributed by atoms with Crippen LogP contribution in [-0.4, -0.2) is 6.04 Å². The van der Waals surface area contributed by atoms with Crippen LogP contribution in [-0.2, 0) is 0 Å². The molecular formula is C16H24ClN. The SMILES string of the molecule is CC(NC1CCCC(C)(C)C1)c1ccccc1Cl. The van der Waals surface area contributed by atoms with Gasteiger partial charge in [0.05, 0.1) is 0 Å². The third-order valence-corrected chi connectivity index (χ3v) is 4.41. The maximum absolute atomic E-state index is 6.25. The highest BCUT2D eigenvalue weighted by Gasteiger charge is 2.28. The second-order valence-corrected chi connectivity index (χ2v) is 6.77. The van der Waals surface area contributed by atoms with Gasteiger partial charge in [-0.05, 0) is 43.2 Å². The Labute approximate surface area is 116 Å². The van der Waals surface area contributed by atoms with E-state index in [-0.39, 0.29) is 0 Å². The van der Waals surface area contributed by atoms with Crippen LogP contribution in [0.3, 0.4) is 0 Å². The predicted molar refractivity (Wildman–Crippen MR) is 79.0 cm³/mol. The Balaban J connectivity index is 1.99. The van der Waals surface area contributed by atoms with E-state index in [1.165, 1.54) is 31.2 Å². The lowest BCUT2D eigenvalue weighted by atomic mass is 9.75. The van der Waals surface area contributed by atoms with Gasteiger partial charge in [-0.25, -0.2) is 0 Å². The third-order valence-electron chi connectivity index (χ3n) is 4.06. The van der Waals surface area contributed by atoms with Crippen molar-refractivity contribution in [2.45, 2.75) is 58.5 Å². The van der Waals surface area contributed by atoms with E-state index in [1.54, 1.807) is 0 Å². The summed E-state index contributed by atoms with van der Waals surface area (Å²) in [7, 11) is 0. The molecule has 18 heavy (non-hydrogen) atoms. The van der Waals surface area contributed by atoms with Crippen molar-refractivity contribution in [3.63, 3.8) is 0 Å². The molecular weight excluding hydrogens is 242 g/mol. The molecule has 2 atom stereocenters. The molecule has 0 radical (unpaired) electrons. The average Bonchev–Trinajstić information content (AvgIpc) is 2.28. The van der Waals surface area contributed by atoms with Crippen LogP contribution in [0.5, 0.6) is 0 Å². The summed E-state index contributed by atoms with van der Waals surface area (Å²) < 4.78 is 0. The molecule has 0 spiro atoms. The molecule has 1 aliphatic rings. The Morgan fingerprint density at radius 1 is 1.33 bits per heavy atom. The van der Waals surface area contributed by atoms with Crippen molar-refractivity contribution in [1.29, 1.82) is 0 Å². The molecule has 1 aromatic rings. The lowest BCUT2D eigenvalue weighted by molar-refractivity contribution is 0.191. The lowest BCUT2D eigenvalue weighted by Gasteiger charge is -2.37. The first kappa shape index (κ1) is 13.9. The summed E-state index contributed by atoms with van der Waals surface area (Å²) in [5, 5.41) is 4.62. The summed E-state index contributed by atoms with van der Waals surface area (Å²) >= 11 is 6.25. The highest BCUT2D eigenvalue weighted by Crippen LogP contribution is 2.36. The minimum atomic E-state index is 0.331. The number of hydrogen-bond donors (Lipinski definition) is 1. The molecule has 0 aliphatic heterocycles. The van der Waals surface area contributed by atoms with Gasteiger partial charge in [0, 0.05) is 17.1 Å². The van der Waals surface area contributed by atoms with E-state index in [1.807, 2.05) is 12.1 Å².